The summed E-state index contributed by atoms with van der Waals surface area (Å²) in [4.78, 5) is 24.9. The molecule has 0 atom stereocenters. The van der Waals surface area contributed by atoms with Crippen LogP contribution >= 0.6 is 11.6 Å². The van der Waals surface area contributed by atoms with Gasteiger partial charge in [0.2, 0.25) is 0 Å². The molecule has 0 unspecified atom stereocenters. The Bertz CT molecular complexity index is 827. The summed E-state index contributed by atoms with van der Waals surface area (Å²) in [5.41, 5.74) is -0.411. The Morgan fingerprint density at radius 2 is 1.43 bits per heavy atom. The molecule has 2 rings (SSSR count). The highest BCUT2D eigenvalue weighted by atomic mass is 35.5. The van der Waals surface area contributed by atoms with Crippen LogP contribution < -0.4 is 4.74 Å². The molecule has 0 aromatic heterocycles. The molecule has 2 radical (unpaired) electrons. The molecule has 6 heteroatoms. The Hall–Kier alpha value is -2.27. The van der Waals surface area contributed by atoms with E-state index in [2.05, 4.69) is 0 Å². The first kappa shape index (κ1) is 22.0. The minimum Gasteiger partial charge on any atom is -0.476 e. The Balaban J connectivity index is 2.03. The lowest BCUT2D eigenvalue weighted by Gasteiger charge is -2.28. The number of esters is 1. The largest absolute Gasteiger partial charge is 0.476 e. The fourth-order valence-electron chi connectivity index (χ4n) is 2.27. The van der Waals surface area contributed by atoms with Gasteiger partial charge in [-0.05, 0) is 67.8 Å². The van der Waals surface area contributed by atoms with Gasteiger partial charge in [0.25, 0.3) is 0 Å². The first-order valence-electron chi connectivity index (χ1n) is 9.01. The van der Waals surface area contributed by atoms with Gasteiger partial charge in [-0.15, -0.1) is 0 Å². The van der Waals surface area contributed by atoms with Crippen molar-refractivity contribution < 1.29 is 19.1 Å². The average molecular weight is 399 g/mol. The molecule has 0 N–H and O–H groups in total. The molecule has 0 aliphatic carbocycles. The van der Waals surface area contributed by atoms with Crippen molar-refractivity contribution in [2.24, 2.45) is 5.41 Å². The smallest absolute Gasteiger partial charge is 0.349 e. The molecule has 0 bridgehead atoms. The number of hydrogen-bond donors (Lipinski definition) is 0. The van der Waals surface area contributed by atoms with Gasteiger partial charge < -0.3 is 9.47 Å². The number of ether oxygens (including phenoxy) is 2. The van der Waals surface area contributed by atoms with E-state index < -0.39 is 11.6 Å². The van der Waals surface area contributed by atoms with Crippen molar-refractivity contribution in [3.63, 3.8) is 0 Å². The first-order valence-corrected chi connectivity index (χ1v) is 9.38. The monoisotopic (exact) mass is 398 g/mol. The van der Waals surface area contributed by atoms with E-state index in [1.165, 1.54) is 0 Å². The van der Waals surface area contributed by atoms with Crippen LogP contribution in [0.3, 0.4) is 0 Å². The molecule has 28 heavy (non-hydrogen) atoms. The zero-order valence-corrected chi connectivity index (χ0v) is 17.4. The van der Waals surface area contributed by atoms with Crippen molar-refractivity contribution >= 4 is 31.2 Å². The van der Waals surface area contributed by atoms with Crippen molar-refractivity contribution in [1.82, 2.24) is 0 Å². The highest BCUT2D eigenvalue weighted by molar-refractivity contribution is 6.30. The fraction of sp³-hybridized carbons (Fsp3) is 0.364. The van der Waals surface area contributed by atoms with Gasteiger partial charge in [-0.25, -0.2) is 4.79 Å². The molecular weight excluding hydrogens is 375 g/mol. The molecule has 0 amide bonds. The molecular formula is C22H24BClO4. The highest BCUT2D eigenvalue weighted by Crippen LogP contribution is 2.24. The van der Waals surface area contributed by atoms with Crippen molar-refractivity contribution in [3.05, 3.63) is 64.7 Å². The summed E-state index contributed by atoms with van der Waals surface area (Å²) < 4.78 is 11.1. The van der Waals surface area contributed by atoms with Crippen molar-refractivity contribution in [1.29, 1.82) is 0 Å². The molecule has 2 aromatic carbocycles. The Morgan fingerprint density at radius 3 is 1.93 bits per heavy atom. The fourth-order valence-corrected chi connectivity index (χ4v) is 2.40. The van der Waals surface area contributed by atoms with Crippen LogP contribution in [0, 0.1) is 5.41 Å². The van der Waals surface area contributed by atoms with Crippen LogP contribution in [0.1, 0.15) is 43.6 Å². The number of hydrogen-bond acceptors (Lipinski definition) is 4. The van der Waals surface area contributed by atoms with E-state index in [4.69, 9.17) is 28.9 Å². The highest BCUT2D eigenvalue weighted by Gasteiger charge is 2.33. The molecule has 0 aliphatic rings. The lowest BCUT2D eigenvalue weighted by atomic mass is 9.80. The molecule has 0 saturated carbocycles. The predicted molar refractivity (Wildman–Crippen MR) is 111 cm³/mol. The number of halogens is 1. The maximum Gasteiger partial charge on any atom is 0.349 e. The van der Waals surface area contributed by atoms with Gasteiger partial charge in [0.15, 0.2) is 11.4 Å². The van der Waals surface area contributed by atoms with E-state index in [1.54, 1.807) is 62.4 Å². The van der Waals surface area contributed by atoms with Gasteiger partial charge in [-0.3, -0.25) is 4.79 Å². The molecule has 2 aromatic rings. The Kier molecular flexibility index (Phi) is 6.94. The zero-order valence-electron chi connectivity index (χ0n) is 16.6. The minimum absolute atomic E-state index is 0.120. The third-order valence-corrected chi connectivity index (χ3v) is 4.49. The van der Waals surface area contributed by atoms with Crippen LogP contribution in [0.25, 0.3) is 0 Å². The van der Waals surface area contributed by atoms with Gasteiger partial charge in [-0.2, -0.15) is 0 Å². The first-order chi connectivity index (χ1) is 13.0. The maximum atomic E-state index is 12.5. The van der Waals surface area contributed by atoms with E-state index in [0.717, 1.165) is 0 Å². The molecule has 0 aliphatic heterocycles. The number of carbonyl (C=O) groups excluding carboxylic acids is 2. The van der Waals surface area contributed by atoms with Gasteiger partial charge in [0.05, 0.1) is 14.5 Å². The standard InChI is InChI=1S/C22H24BClO4/c1-21(2,13-23)14-27-20(26)22(3,4)28-18-11-7-16(8-12-18)19(25)15-5-9-17(24)10-6-15/h5-12H,13-14H2,1-4H3. The molecule has 4 nitrogen and oxygen atoms in total. The van der Waals surface area contributed by atoms with E-state index in [9.17, 15) is 9.59 Å². The number of carbonyl (C=O) groups is 2. The van der Waals surface area contributed by atoms with Gasteiger partial charge in [0.1, 0.15) is 5.75 Å². The SMILES string of the molecule is [B]CC(C)(C)COC(=O)C(C)(C)Oc1ccc(C(=O)c2ccc(Cl)cc2)cc1. The van der Waals surface area contributed by atoms with Crippen LogP contribution in [-0.4, -0.2) is 31.8 Å². The van der Waals surface area contributed by atoms with Crippen LogP contribution in [0.4, 0.5) is 0 Å². The van der Waals surface area contributed by atoms with Crippen LogP contribution in [0.2, 0.25) is 11.3 Å². The Labute approximate surface area is 172 Å². The van der Waals surface area contributed by atoms with Crippen LogP contribution in [-0.2, 0) is 9.53 Å². The summed E-state index contributed by atoms with van der Waals surface area (Å²) in [6.07, 6.45) is 0.407. The van der Waals surface area contributed by atoms with Gasteiger partial charge >= 0.3 is 5.97 Å². The molecule has 0 fully saturated rings. The zero-order chi connectivity index (χ0) is 20.9. The lowest BCUT2D eigenvalue weighted by molar-refractivity contribution is -0.162. The molecule has 0 heterocycles. The van der Waals surface area contributed by atoms with Crippen molar-refractivity contribution in [2.45, 2.75) is 39.6 Å². The third kappa shape index (κ3) is 5.87. The quantitative estimate of drug-likeness (QED) is 0.361. The summed E-state index contributed by atoms with van der Waals surface area (Å²) in [5, 5.41) is 0.573. The molecule has 146 valence electrons. The summed E-state index contributed by atoms with van der Waals surface area (Å²) in [6.45, 7) is 7.33. The Morgan fingerprint density at radius 1 is 0.929 bits per heavy atom. The van der Waals surface area contributed by atoms with Gasteiger partial charge in [0, 0.05) is 16.1 Å². The van der Waals surface area contributed by atoms with E-state index in [-0.39, 0.29) is 17.8 Å². The normalized spacial score (nSPS) is 11.8. The van der Waals surface area contributed by atoms with E-state index >= 15 is 0 Å². The topological polar surface area (TPSA) is 52.6 Å². The molecule has 0 spiro atoms. The minimum atomic E-state index is -1.17. The summed E-state index contributed by atoms with van der Waals surface area (Å²) in [6, 6.07) is 13.3. The summed E-state index contributed by atoms with van der Waals surface area (Å²) in [7, 11) is 5.66. The number of rotatable bonds is 8. The van der Waals surface area contributed by atoms with E-state index in [0.29, 0.717) is 28.2 Å². The second-order valence-electron chi connectivity index (χ2n) is 7.92. The second kappa shape index (κ2) is 8.83. The predicted octanol–water partition coefficient (Wildman–Crippen LogP) is 4.88. The second-order valence-corrected chi connectivity index (χ2v) is 8.35. The number of ketones is 1. The maximum absolute atomic E-state index is 12.5. The van der Waals surface area contributed by atoms with Crippen molar-refractivity contribution in [3.8, 4) is 5.75 Å². The van der Waals surface area contributed by atoms with Crippen LogP contribution in [0.15, 0.2) is 48.5 Å². The molecule has 0 saturated heterocycles. The van der Waals surface area contributed by atoms with Crippen molar-refractivity contribution in [2.75, 3.05) is 6.61 Å². The summed E-state index contributed by atoms with van der Waals surface area (Å²) >= 11 is 5.85. The average Bonchev–Trinajstić information content (AvgIpc) is 2.66. The van der Waals surface area contributed by atoms with Crippen LogP contribution in [0.5, 0.6) is 5.75 Å². The lowest BCUT2D eigenvalue weighted by Crippen LogP contribution is -2.41. The summed E-state index contributed by atoms with van der Waals surface area (Å²) in [5.74, 6) is -0.131. The van der Waals surface area contributed by atoms with E-state index in [1.807, 2.05) is 13.8 Å². The number of benzene rings is 2. The van der Waals surface area contributed by atoms with Gasteiger partial charge in [-0.1, -0.05) is 31.8 Å². The third-order valence-electron chi connectivity index (χ3n) is 4.23.